The van der Waals surface area contributed by atoms with E-state index in [1.54, 1.807) is 12.7 Å². The molecule has 0 spiro atoms. The van der Waals surface area contributed by atoms with Crippen molar-refractivity contribution < 1.29 is 0 Å². The summed E-state index contributed by atoms with van der Waals surface area (Å²) in [6.07, 6.45) is 8.08. The quantitative estimate of drug-likeness (QED) is 0.838. The van der Waals surface area contributed by atoms with Gasteiger partial charge in [-0.3, -0.25) is 4.68 Å². The van der Waals surface area contributed by atoms with E-state index in [0.717, 1.165) is 18.0 Å². The van der Waals surface area contributed by atoms with Crippen LogP contribution in [-0.4, -0.2) is 14.8 Å². The van der Waals surface area contributed by atoms with E-state index in [0.29, 0.717) is 11.3 Å². The van der Waals surface area contributed by atoms with Crippen molar-refractivity contribution in [2.24, 2.45) is 11.3 Å². The van der Waals surface area contributed by atoms with E-state index in [1.807, 2.05) is 16.8 Å². The summed E-state index contributed by atoms with van der Waals surface area (Å²) in [5, 5.41) is 5.04. The van der Waals surface area contributed by atoms with Gasteiger partial charge >= 0.3 is 0 Å². The number of benzene rings is 1. The predicted molar refractivity (Wildman–Crippen MR) is 86.0 cm³/mol. The van der Waals surface area contributed by atoms with E-state index in [2.05, 4.69) is 42.1 Å². The fourth-order valence-corrected chi connectivity index (χ4v) is 3.27. The second-order valence-corrected chi connectivity index (χ2v) is 6.87. The Hall–Kier alpha value is -1.61. The molecule has 0 saturated heterocycles. The molecule has 3 rings (SSSR count). The van der Waals surface area contributed by atoms with Crippen LogP contribution in [-0.2, 0) is 6.54 Å². The topological polar surface area (TPSA) is 30.7 Å². The fraction of sp³-hybridized carbons (Fsp3) is 0.412. The lowest BCUT2D eigenvalue weighted by atomic mass is 9.80. The normalized spacial score (nSPS) is 22.8. The van der Waals surface area contributed by atoms with Crippen LogP contribution < -0.4 is 0 Å². The summed E-state index contributed by atoms with van der Waals surface area (Å²) in [6, 6.07) is 8.04. The van der Waals surface area contributed by atoms with E-state index in [1.165, 1.54) is 17.6 Å². The van der Waals surface area contributed by atoms with Crippen LogP contribution in [0.3, 0.4) is 0 Å². The highest BCUT2D eigenvalue weighted by atomic mass is 35.5. The van der Waals surface area contributed by atoms with Gasteiger partial charge < -0.3 is 0 Å². The largest absolute Gasteiger partial charge is 0.252 e. The minimum absolute atomic E-state index is 0.296. The Kier molecular flexibility index (Phi) is 3.85. The van der Waals surface area contributed by atoms with Crippen molar-refractivity contribution in [2.45, 2.75) is 33.2 Å². The van der Waals surface area contributed by atoms with Gasteiger partial charge in [-0.1, -0.05) is 49.2 Å². The number of aromatic nitrogens is 3. The molecule has 3 nitrogen and oxygen atoms in total. The molecule has 1 unspecified atom stereocenters. The van der Waals surface area contributed by atoms with Gasteiger partial charge in [-0.15, -0.1) is 0 Å². The van der Waals surface area contributed by atoms with E-state index in [9.17, 15) is 0 Å². The highest BCUT2D eigenvalue weighted by Gasteiger charge is 2.38. The van der Waals surface area contributed by atoms with Crippen LogP contribution in [0, 0.1) is 11.3 Å². The summed E-state index contributed by atoms with van der Waals surface area (Å²) in [7, 11) is 0. The molecule has 1 fully saturated rings. The number of nitrogens with zero attached hydrogens (tertiary/aromatic N) is 3. The molecule has 0 radical (unpaired) electrons. The molecule has 21 heavy (non-hydrogen) atoms. The first-order valence-electron chi connectivity index (χ1n) is 7.33. The van der Waals surface area contributed by atoms with Crippen molar-refractivity contribution >= 4 is 17.7 Å². The van der Waals surface area contributed by atoms with Gasteiger partial charge in [0.2, 0.25) is 0 Å². The van der Waals surface area contributed by atoms with E-state index in [4.69, 9.17) is 11.6 Å². The van der Waals surface area contributed by atoms with Gasteiger partial charge in [-0.2, -0.15) is 5.10 Å². The summed E-state index contributed by atoms with van der Waals surface area (Å²) in [4.78, 5) is 4.05. The van der Waals surface area contributed by atoms with Gasteiger partial charge in [0.05, 0.1) is 0 Å². The fourth-order valence-electron chi connectivity index (χ4n) is 3.14. The summed E-state index contributed by atoms with van der Waals surface area (Å²) >= 11 is 5.96. The summed E-state index contributed by atoms with van der Waals surface area (Å²) in [5.74, 6) is 0.495. The number of allylic oxidation sites excluding steroid dienone is 1. The molecule has 1 aromatic heterocycles. The lowest BCUT2D eigenvalue weighted by molar-refractivity contribution is 0.248. The molecule has 1 atom stereocenters. The minimum Gasteiger partial charge on any atom is -0.252 e. The van der Waals surface area contributed by atoms with E-state index >= 15 is 0 Å². The second-order valence-electron chi connectivity index (χ2n) is 6.43. The minimum atomic E-state index is 0.296. The average molecular weight is 302 g/mol. The van der Waals surface area contributed by atoms with Gasteiger partial charge in [0.15, 0.2) is 0 Å². The maximum atomic E-state index is 5.96. The Morgan fingerprint density at radius 2 is 2.10 bits per heavy atom. The summed E-state index contributed by atoms with van der Waals surface area (Å²) < 4.78 is 1.94. The van der Waals surface area contributed by atoms with Gasteiger partial charge in [0, 0.05) is 17.5 Å². The zero-order valence-corrected chi connectivity index (χ0v) is 13.2. The van der Waals surface area contributed by atoms with Gasteiger partial charge in [0.1, 0.15) is 12.7 Å². The molecule has 0 amide bonds. The van der Waals surface area contributed by atoms with Crippen molar-refractivity contribution in [3.63, 3.8) is 0 Å². The average Bonchev–Trinajstić information content (AvgIpc) is 3.05. The summed E-state index contributed by atoms with van der Waals surface area (Å²) in [5.41, 5.74) is 3.01. The van der Waals surface area contributed by atoms with Crippen molar-refractivity contribution in [2.75, 3.05) is 0 Å². The van der Waals surface area contributed by atoms with Crippen LogP contribution in [0.1, 0.15) is 32.3 Å². The third kappa shape index (κ3) is 3.18. The molecule has 1 saturated carbocycles. The predicted octanol–water partition coefficient (Wildman–Crippen LogP) is 4.45. The molecule has 110 valence electrons. The number of rotatable bonds is 3. The molecular formula is C17H20ClN3. The Morgan fingerprint density at radius 1 is 1.33 bits per heavy atom. The van der Waals surface area contributed by atoms with Crippen molar-refractivity contribution in [3.05, 3.63) is 53.1 Å². The molecule has 1 aromatic carbocycles. The molecule has 1 aliphatic rings. The first-order chi connectivity index (χ1) is 10.0. The molecular weight excluding hydrogens is 282 g/mol. The zero-order chi connectivity index (χ0) is 14.9. The lowest BCUT2D eigenvalue weighted by Gasteiger charge is -2.27. The maximum Gasteiger partial charge on any atom is 0.137 e. The van der Waals surface area contributed by atoms with Crippen LogP contribution in [0.5, 0.6) is 0 Å². The molecule has 0 aliphatic heterocycles. The Labute approximate surface area is 130 Å². The highest BCUT2D eigenvalue weighted by Crippen LogP contribution is 2.47. The molecule has 1 heterocycles. The monoisotopic (exact) mass is 301 g/mol. The molecule has 2 aromatic rings. The molecule has 0 N–H and O–H groups in total. The first-order valence-corrected chi connectivity index (χ1v) is 7.71. The van der Waals surface area contributed by atoms with Gasteiger partial charge in [0.25, 0.3) is 0 Å². The Bertz CT molecular complexity index is 627. The number of hydrogen-bond acceptors (Lipinski definition) is 2. The summed E-state index contributed by atoms with van der Waals surface area (Å²) in [6.45, 7) is 5.58. The third-order valence-corrected chi connectivity index (χ3v) is 4.76. The van der Waals surface area contributed by atoms with E-state index < -0.39 is 0 Å². The second kappa shape index (κ2) is 5.64. The van der Waals surface area contributed by atoms with Crippen LogP contribution in [0.4, 0.5) is 0 Å². The van der Waals surface area contributed by atoms with E-state index in [-0.39, 0.29) is 0 Å². The Balaban J connectivity index is 1.87. The first kappa shape index (κ1) is 14.3. The molecule has 4 heteroatoms. The van der Waals surface area contributed by atoms with Crippen molar-refractivity contribution in [1.82, 2.24) is 14.8 Å². The SMILES string of the molecule is CC1(C)CC/C(=C\c2ccc(Cl)cc2)C1Cn1cncn1. The molecule has 1 aliphatic carbocycles. The van der Waals surface area contributed by atoms with Crippen molar-refractivity contribution in [3.8, 4) is 0 Å². The number of halogens is 1. The number of hydrogen-bond donors (Lipinski definition) is 0. The third-order valence-electron chi connectivity index (χ3n) is 4.51. The lowest BCUT2D eigenvalue weighted by Crippen LogP contribution is -2.23. The van der Waals surface area contributed by atoms with Crippen LogP contribution in [0.25, 0.3) is 6.08 Å². The Morgan fingerprint density at radius 3 is 2.76 bits per heavy atom. The van der Waals surface area contributed by atoms with Crippen LogP contribution in [0.2, 0.25) is 5.02 Å². The van der Waals surface area contributed by atoms with Crippen LogP contribution >= 0.6 is 11.6 Å². The van der Waals surface area contributed by atoms with Crippen LogP contribution in [0.15, 0.2) is 42.5 Å². The van der Waals surface area contributed by atoms with Crippen molar-refractivity contribution in [1.29, 1.82) is 0 Å². The standard InChI is InChI=1S/C17H20ClN3/c1-17(2)8-7-14(9-13-3-5-15(18)6-4-13)16(17)10-21-12-19-11-20-21/h3-6,9,11-12,16H,7-8,10H2,1-2H3/b14-9+. The molecule has 0 bridgehead atoms. The van der Waals surface area contributed by atoms with Gasteiger partial charge in [-0.05, 0) is 36.0 Å². The zero-order valence-electron chi connectivity index (χ0n) is 12.5. The van der Waals surface area contributed by atoms with Gasteiger partial charge in [-0.25, -0.2) is 4.98 Å². The highest BCUT2D eigenvalue weighted by molar-refractivity contribution is 6.30. The maximum absolute atomic E-state index is 5.96. The smallest absolute Gasteiger partial charge is 0.137 e.